The number of ether oxygens (including phenoxy) is 1. The minimum Gasteiger partial charge on any atom is -0.464 e. The molecule has 0 N–H and O–H groups in total. The van der Waals surface area contributed by atoms with Crippen LogP contribution in [0, 0.1) is 5.92 Å². The number of fused-ring (bicyclic) bond motifs is 1. The first kappa shape index (κ1) is 16.0. The lowest BCUT2D eigenvalue weighted by Gasteiger charge is -2.15. The molecule has 0 saturated heterocycles. The molecule has 0 aliphatic heterocycles. The Morgan fingerprint density at radius 1 is 1.23 bits per heavy atom. The fourth-order valence-corrected chi connectivity index (χ4v) is 2.71. The second-order valence-electron chi connectivity index (χ2n) is 5.60. The third kappa shape index (κ3) is 3.11. The van der Waals surface area contributed by atoms with Gasteiger partial charge in [0.05, 0.1) is 5.92 Å². The molecule has 0 aromatic heterocycles. The van der Waals surface area contributed by atoms with E-state index in [1.54, 1.807) is 12.2 Å². The van der Waals surface area contributed by atoms with Crippen molar-refractivity contribution in [1.82, 2.24) is 0 Å². The molecule has 114 valence electrons. The third-order valence-electron chi connectivity index (χ3n) is 3.76. The molecular formula is C20H22O2. The smallest absolute Gasteiger partial charge is 0.308 e. The van der Waals surface area contributed by atoms with Crippen molar-refractivity contribution in [3.63, 3.8) is 0 Å². The Morgan fingerprint density at radius 2 is 1.91 bits per heavy atom. The van der Waals surface area contributed by atoms with E-state index in [4.69, 9.17) is 4.74 Å². The molecule has 0 amide bonds. The van der Waals surface area contributed by atoms with Crippen molar-refractivity contribution in [2.75, 3.05) is 6.61 Å². The van der Waals surface area contributed by atoms with E-state index in [1.807, 2.05) is 38.1 Å². The average molecular weight is 294 g/mol. The van der Waals surface area contributed by atoms with Gasteiger partial charge in [-0.2, -0.15) is 0 Å². The van der Waals surface area contributed by atoms with Gasteiger partial charge in [-0.05, 0) is 22.3 Å². The molecule has 0 saturated carbocycles. The number of carbonyl (C=O) groups is 1. The number of rotatable bonds is 5. The van der Waals surface area contributed by atoms with Crippen LogP contribution in [-0.4, -0.2) is 12.6 Å². The van der Waals surface area contributed by atoms with E-state index in [0.29, 0.717) is 6.61 Å². The number of carbonyl (C=O) groups excluding carboxylic acids is 1. The maximum absolute atomic E-state index is 11.8. The highest BCUT2D eigenvalue weighted by atomic mass is 16.5. The number of esters is 1. The Hall–Kier alpha value is -2.35. The van der Waals surface area contributed by atoms with Gasteiger partial charge in [0.25, 0.3) is 0 Å². The Labute approximate surface area is 132 Å². The van der Waals surface area contributed by atoms with E-state index in [-0.39, 0.29) is 17.8 Å². The lowest BCUT2D eigenvalue weighted by atomic mass is 9.97. The van der Waals surface area contributed by atoms with Gasteiger partial charge >= 0.3 is 5.97 Å². The van der Waals surface area contributed by atoms with E-state index in [0.717, 1.165) is 11.1 Å². The lowest BCUT2D eigenvalue weighted by Crippen LogP contribution is -2.16. The second-order valence-corrected chi connectivity index (χ2v) is 5.60. The van der Waals surface area contributed by atoms with E-state index in [9.17, 15) is 4.79 Å². The maximum atomic E-state index is 11.8. The first-order valence-corrected chi connectivity index (χ1v) is 7.51. The molecule has 0 spiro atoms. The van der Waals surface area contributed by atoms with Crippen LogP contribution >= 0.6 is 0 Å². The summed E-state index contributed by atoms with van der Waals surface area (Å²) in [5, 5.41) is 0. The summed E-state index contributed by atoms with van der Waals surface area (Å²) in [6.07, 6.45) is 7.54. The summed E-state index contributed by atoms with van der Waals surface area (Å²) in [4.78, 5) is 11.8. The molecule has 0 fully saturated rings. The van der Waals surface area contributed by atoms with Crippen molar-refractivity contribution in [2.24, 2.45) is 5.92 Å². The summed E-state index contributed by atoms with van der Waals surface area (Å²) < 4.78 is 5.48. The molecule has 1 atom stereocenters. The molecular weight excluding hydrogens is 272 g/mol. The highest BCUT2D eigenvalue weighted by Gasteiger charge is 2.31. The first-order chi connectivity index (χ1) is 10.6. The van der Waals surface area contributed by atoms with E-state index >= 15 is 0 Å². The minimum absolute atomic E-state index is 0.0445. The molecule has 0 bridgehead atoms. The lowest BCUT2D eigenvalue weighted by molar-refractivity contribution is -0.147. The molecule has 22 heavy (non-hydrogen) atoms. The summed E-state index contributed by atoms with van der Waals surface area (Å²) >= 11 is 0. The van der Waals surface area contributed by atoms with Gasteiger partial charge in [0.15, 0.2) is 0 Å². The van der Waals surface area contributed by atoms with Gasteiger partial charge in [0, 0.05) is 5.92 Å². The molecule has 1 aliphatic carbocycles. The van der Waals surface area contributed by atoms with Crippen molar-refractivity contribution in [2.45, 2.75) is 19.8 Å². The molecule has 1 aromatic carbocycles. The SMILES string of the molecule is C=CC=C1/C(=C\C=C)c2ccccc2C1COC(=O)C(C)C. The molecule has 2 heteroatoms. The standard InChI is InChI=1S/C20H22O2/c1-5-9-15-16(10-6-2)19(13-22-20(21)14(3)4)18-12-8-7-11-17(15)18/h5-12,14,19H,1-2,13H2,3-4H3/b15-9+,16-10?. The zero-order chi connectivity index (χ0) is 16.1. The van der Waals surface area contributed by atoms with Crippen molar-refractivity contribution in [3.05, 3.63) is 78.4 Å². The van der Waals surface area contributed by atoms with Crippen LogP contribution in [0.1, 0.15) is 30.9 Å². The summed E-state index contributed by atoms with van der Waals surface area (Å²) in [7, 11) is 0. The predicted octanol–water partition coefficient (Wildman–Crippen LogP) is 4.66. The van der Waals surface area contributed by atoms with Crippen LogP contribution in [0.3, 0.4) is 0 Å². The van der Waals surface area contributed by atoms with Crippen LogP contribution in [0.15, 0.2) is 67.3 Å². The Kier molecular flexibility index (Phi) is 5.16. The average Bonchev–Trinajstić information content (AvgIpc) is 2.79. The molecule has 1 aromatic rings. The summed E-state index contributed by atoms with van der Waals surface area (Å²) in [5.74, 6) is -0.244. The summed E-state index contributed by atoms with van der Waals surface area (Å²) in [5.41, 5.74) is 4.59. The first-order valence-electron chi connectivity index (χ1n) is 7.51. The topological polar surface area (TPSA) is 26.3 Å². The molecule has 2 rings (SSSR count). The van der Waals surface area contributed by atoms with E-state index < -0.39 is 0 Å². The van der Waals surface area contributed by atoms with Gasteiger partial charge in [-0.1, -0.05) is 75.6 Å². The highest BCUT2D eigenvalue weighted by Crippen LogP contribution is 2.45. The summed E-state index contributed by atoms with van der Waals surface area (Å²) in [6, 6.07) is 8.21. The van der Waals surface area contributed by atoms with Crippen LogP contribution in [0.4, 0.5) is 0 Å². The van der Waals surface area contributed by atoms with Crippen molar-refractivity contribution in [1.29, 1.82) is 0 Å². The van der Waals surface area contributed by atoms with Gasteiger partial charge in [0.1, 0.15) is 6.61 Å². The number of benzene rings is 1. The Balaban J connectivity index is 2.40. The summed E-state index contributed by atoms with van der Waals surface area (Å²) in [6.45, 7) is 11.6. The Bertz CT molecular complexity index is 647. The number of hydrogen-bond acceptors (Lipinski definition) is 2. The van der Waals surface area contributed by atoms with Crippen LogP contribution in [-0.2, 0) is 9.53 Å². The predicted molar refractivity (Wildman–Crippen MR) is 91.4 cm³/mol. The fraction of sp³-hybridized carbons (Fsp3) is 0.250. The third-order valence-corrected chi connectivity index (χ3v) is 3.76. The molecule has 1 unspecified atom stereocenters. The Morgan fingerprint density at radius 3 is 2.55 bits per heavy atom. The van der Waals surface area contributed by atoms with Crippen LogP contribution in [0.25, 0.3) is 5.57 Å². The van der Waals surface area contributed by atoms with Gasteiger partial charge in [-0.15, -0.1) is 0 Å². The maximum Gasteiger partial charge on any atom is 0.308 e. The number of allylic oxidation sites excluding steroid dienone is 5. The van der Waals surface area contributed by atoms with Crippen molar-refractivity contribution in [3.8, 4) is 0 Å². The van der Waals surface area contributed by atoms with Crippen LogP contribution in [0.5, 0.6) is 0 Å². The van der Waals surface area contributed by atoms with Crippen LogP contribution < -0.4 is 0 Å². The largest absolute Gasteiger partial charge is 0.464 e. The zero-order valence-corrected chi connectivity index (χ0v) is 13.2. The van der Waals surface area contributed by atoms with Gasteiger partial charge in [-0.25, -0.2) is 0 Å². The van der Waals surface area contributed by atoms with Gasteiger partial charge < -0.3 is 4.74 Å². The van der Waals surface area contributed by atoms with E-state index in [2.05, 4.69) is 25.3 Å². The van der Waals surface area contributed by atoms with E-state index in [1.165, 1.54) is 11.1 Å². The van der Waals surface area contributed by atoms with Gasteiger partial charge in [-0.3, -0.25) is 4.79 Å². The second kappa shape index (κ2) is 7.08. The number of hydrogen-bond donors (Lipinski definition) is 0. The molecule has 1 aliphatic rings. The highest BCUT2D eigenvalue weighted by molar-refractivity contribution is 5.89. The monoisotopic (exact) mass is 294 g/mol. The zero-order valence-electron chi connectivity index (χ0n) is 13.2. The van der Waals surface area contributed by atoms with Crippen LogP contribution in [0.2, 0.25) is 0 Å². The molecule has 2 nitrogen and oxygen atoms in total. The fourth-order valence-electron chi connectivity index (χ4n) is 2.71. The van der Waals surface area contributed by atoms with Crippen molar-refractivity contribution >= 4 is 11.5 Å². The molecule has 0 heterocycles. The molecule has 0 radical (unpaired) electrons. The van der Waals surface area contributed by atoms with Gasteiger partial charge in [0.2, 0.25) is 0 Å². The minimum atomic E-state index is -0.170. The normalized spacial score (nSPS) is 20.2. The quantitative estimate of drug-likeness (QED) is 0.738. The van der Waals surface area contributed by atoms with Crippen molar-refractivity contribution < 1.29 is 9.53 Å².